The number of aromatic amines is 1. The van der Waals surface area contributed by atoms with E-state index in [9.17, 15) is 26.4 Å². The van der Waals surface area contributed by atoms with Crippen molar-refractivity contribution >= 4 is 32.0 Å². The predicted molar refractivity (Wildman–Crippen MR) is 80.3 cm³/mol. The van der Waals surface area contributed by atoms with Crippen LogP contribution in [0.1, 0.15) is 6.92 Å². The van der Waals surface area contributed by atoms with E-state index in [4.69, 9.17) is 9.11 Å². The molecular weight excluding hydrogens is 366 g/mol. The molecule has 24 heavy (non-hydrogen) atoms. The fraction of sp³-hybridized carbons (Fsp3) is 0.0909. The number of hydrogen-bond acceptors (Lipinski definition) is 6. The van der Waals surface area contributed by atoms with Gasteiger partial charge in [-0.15, -0.1) is 0 Å². The van der Waals surface area contributed by atoms with E-state index in [0.717, 1.165) is 18.2 Å². The number of nitrogens with one attached hydrogen (secondary N) is 2. The van der Waals surface area contributed by atoms with Gasteiger partial charge in [0.1, 0.15) is 5.82 Å². The van der Waals surface area contributed by atoms with Crippen molar-refractivity contribution in [2.45, 2.75) is 16.7 Å². The van der Waals surface area contributed by atoms with Gasteiger partial charge in [0.05, 0.1) is 15.5 Å². The van der Waals surface area contributed by atoms with Crippen LogP contribution in [0.2, 0.25) is 0 Å². The van der Waals surface area contributed by atoms with Crippen molar-refractivity contribution in [3.63, 3.8) is 0 Å². The van der Waals surface area contributed by atoms with Gasteiger partial charge >= 0.3 is 0 Å². The summed E-state index contributed by atoms with van der Waals surface area (Å²) in [5, 5.41) is 4.68. The summed E-state index contributed by atoms with van der Waals surface area (Å²) < 4.78 is 63.9. The molecule has 2 aromatic rings. The fourth-order valence-corrected chi connectivity index (χ4v) is 2.99. The van der Waals surface area contributed by atoms with E-state index >= 15 is 0 Å². The second-order valence-corrected chi connectivity index (χ2v) is 7.48. The number of anilines is 1. The summed E-state index contributed by atoms with van der Waals surface area (Å²) in [5.74, 6) is -0.521. The van der Waals surface area contributed by atoms with Crippen LogP contribution in [0.3, 0.4) is 0 Å². The minimum atomic E-state index is -4.82. The van der Waals surface area contributed by atoms with Crippen molar-refractivity contribution in [2.75, 3.05) is 5.32 Å². The molecule has 0 saturated carbocycles. The summed E-state index contributed by atoms with van der Waals surface area (Å²) in [5.41, 5.74) is -1.06. The zero-order chi connectivity index (χ0) is 18.3. The van der Waals surface area contributed by atoms with Crippen molar-refractivity contribution in [2.24, 2.45) is 0 Å². The van der Waals surface area contributed by atoms with E-state index in [1.54, 1.807) is 0 Å². The quantitative estimate of drug-likeness (QED) is 0.521. The second kappa shape index (κ2) is 5.86. The predicted octanol–water partition coefficient (Wildman–Crippen LogP) is -0.383. The van der Waals surface area contributed by atoms with Gasteiger partial charge in [-0.25, -0.2) is 4.68 Å². The smallest absolute Gasteiger partial charge is 0.294 e. The Balaban J connectivity index is 2.73. The van der Waals surface area contributed by atoms with E-state index in [1.807, 2.05) is 0 Å². The van der Waals surface area contributed by atoms with Crippen molar-refractivity contribution in [3.8, 4) is 5.69 Å². The van der Waals surface area contributed by atoms with Gasteiger partial charge in [-0.05, 0) is 18.2 Å². The molecule has 11 nitrogen and oxygen atoms in total. The highest BCUT2D eigenvalue weighted by atomic mass is 32.2. The molecule has 130 valence electrons. The number of aromatic nitrogens is 2. The van der Waals surface area contributed by atoms with Crippen LogP contribution in [-0.2, 0) is 25.0 Å². The molecule has 0 bridgehead atoms. The Kier molecular flexibility index (Phi) is 4.36. The Morgan fingerprint density at radius 3 is 1.96 bits per heavy atom. The molecule has 0 spiro atoms. The van der Waals surface area contributed by atoms with E-state index in [2.05, 4.69) is 10.4 Å². The number of nitrogens with zero attached hydrogens (tertiary/aromatic N) is 1. The van der Waals surface area contributed by atoms with Gasteiger partial charge in [0.15, 0.2) is 0 Å². The zero-order valence-electron chi connectivity index (χ0n) is 11.9. The third-order valence-electron chi connectivity index (χ3n) is 2.75. The molecule has 0 unspecified atom stereocenters. The van der Waals surface area contributed by atoms with Gasteiger partial charge in [-0.2, -0.15) is 16.8 Å². The van der Waals surface area contributed by atoms with Crippen LogP contribution >= 0.6 is 0 Å². The first-order valence-electron chi connectivity index (χ1n) is 6.08. The van der Waals surface area contributed by atoms with Crippen molar-refractivity contribution in [1.29, 1.82) is 0 Å². The number of benzene rings is 1. The Bertz CT molecular complexity index is 1030. The molecule has 1 amide bonds. The molecule has 0 atom stereocenters. The Hall–Kier alpha value is -2.48. The lowest BCUT2D eigenvalue weighted by molar-refractivity contribution is -0.114. The summed E-state index contributed by atoms with van der Waals surface area (Å²) in [4.78, 5) is 21.2. The Labute approximate surface area is 135 Å². The first kappa shape index (κ1) is 17.9. The number of H-pyrrole nitrogens is 1. The van der Waals surface area contributed by atoms with Crippen LogP contribution < -0.4 is 10.9 Å². The number of carbonyl (C=O) groups excluding carboxylic acids is 1. The first-order valence-corrected chi connectivity index (χ1v) is 8.96. The highest BCUT2D eigenvalue weighted by molar-refractivity contribution is 7.86. The minimum absolute atomic E-state index is 0.0295. The molecule has 0 aliphatic heterocycles. The molecule has 2 rings (SSSR count). The lowest BCUT2D eigenvalue weighted by atomic mass is 10.3. The molecule has 0 fully saturated rings. The fourth-order valence-electron chi connectivity index (χ4n) is 1.82. The van der Waals surface area contributed by atoms with Crippen LogP contribution in [0, 0.1) is 0 Å². The largest absolute Gasteiger partial charge is 0.311 e. The maximum atomic E-state index is 11.9. The number of carbonyl (C=O) groups is 1. The molecule has 1 aromatic carbocycles. The molecular formula is C11H11N3O8S2. The molecule has 0 saturated heterocycles. The van der Waals surface area contributed by atoms with Gasteiger partial charge in [0.25, 0.3) is 25.8 Å². The second-order valence-electron chi connectivity index (χ2n) is 4.64. The van der Waals surface area contributed by atoms with Crippen LogP contribution in [-0.4, -0.2) is 41.6 Å². The average molecular weight is 377 g/mol. The Morgan fingerprint density at radius 2 is 1.54 bits per heavy atom. The van der Waals surface area contributed by atoms with Gasteiger partial charge in [0.2, 0.25) is 5.91 Å². The summed E-state index contributed by atoms with van der Waals surface area (Å²) in [6.07, 6.45) is 0. The summed E-state index contributed by atoms with van der Waals surface area (Å²) in [6.45, 7) is 1.19. The van der Waals surface area contributed by atoms with Crippen LogP contribution in [0.15, 0.2) is 38.9 Å². The normalized spacial score (nSPS) is 12.1. The SMILES string of the molecule is CC(=O)Nc1cc(=O)n(-c2cc(S(=O)(=O)O)cc(S(=O)(=O)O)c2)[nH]1. The highest BCUT2D eigenvalue weighted by Crippen LogP contribution is 2.21. The topological polar surface area (TPSA) is 176 Å². The first-order chi connectivity index (χ1) is 10.9. The van der Waals surface area contributed by atoms with Gasteiger partial charge in [-0.3, -0.25) is 23.8 Å². The molecule has 13 heteroatoms. The van der Waals surface area contributed by atoms with Crippen molar-refractivity contribution < 1.29 is 30.7 Å². The monoisotopic (exact) mass is 377 g/mol. The van der Waals surface area contributed by atoms with Gasteiger partial charge in [-0.1, -0.05) is 0 Å². The van der Waals surface area contributed by atoms with Crippen molar-refractivity contribution in [1.82, 2.24) is 9.78 Å². The molecule has 1 aromatic heterocycles. The molecule has 0 aliphatic rings. The van der Waals surface area contributed by atoms with E-state index in [1.165, 1.54) is 6.92 Å². The summed E-state index contributed by atoms with van der Waals surface area (Å²) >= 11 is 0. The average Bonchev–Trinajstić information content (AvgIpc) is 2.76. The molecule has 0 aliphatic carbocycles. The lowest BCUT2D eigenvalue weighted by Gasteiger charge is -2.07. The van der Waals surface area contributed by atoms with Crippen LogP contribution in [0.4, 0.5) is 5.82 Å². The maximum Gasteiger partial charge on any atom is 0.294 e. The van der Waals surface area contributed by atoms with E-state index < -0.39 is 41.5 Å². The molecule has 4 N–H and O–H groups in total. The number of rotatable bonds is 4. The standard InChI is InChI=1S/C11H11N3O8S2/c1-6(15)12-10-5-11(16)14(13-10)7-2-8(23(17,18)19)4-9(3-7)24(20,21)22/h2-5,13H,1H3,(H,12,15)(H,17,18,19)(H,20,21,22). The Morgan fingerprint density at radius 1 is 1.04 bits per heavy atom. The lowest BCUT2D eigenvalue weighted by Crippen LogP contribution is -2.15. The maximum absolute atomic E-state index is 11.9. The van der Waals surface area contributed by atoms with Crippen LogP contribution in [0.5, 0.6) is 0 Å². The number of amides is 1. The molecule has 1 heterocycles. The molecule has 0 radical (unpaired) electrons. The third kappa shape index (κ3) is 3.88. The highest BCUT2D eigenvalue weighted by Gasteiger charge is 2.20. The van der Waals surface area contributed by atoms with Crippen molar-refractivity contribution in [3.05, 3.63) is 34.6 Å². The van der Waals surface area contributed by atoms with Gasteiger partial charge < -0.3 is 5.32 Å². The summed E-state index contributed by atoms with van der Waals surface area (Å²) in [7, 11) is -9.63. The van der Waals surface area contributed by atoms with Gasteiger partial charge in [0, 0.05) is 13.0 Å². The van der Waals surface area contributed by atoms with E-state index in [0.29, 0.717) is 10.7 Å². The minimum Gasteiger partial charge on any atom is -0.311 e. The van der Waals surface area contributed by atoms with E-state index in [-0.39, 0.29) is 11.5 Å². The third-order valence-corrected chi connectivity index (χ3v) is 4.41. The van der Waals surface area contributed by atoms with Crippen LogP contribution in [0.25, 0.3) is 5.69 Å². The summed E-state index contributed by atoms with van der Waals surface area (Å²) in [6, 6.07) is 3.10. The number of hydrogen-bond donors (Lipinski definition) is 4. The zero-order valence-corrected chi connectivity index (χ0v) is 13.6.